The average molecular weight is 317 g/mol. The molecule has 1 unspecified atom stereocenters. The van der Waals surface area contributed by atoms with Crippen LogP contribution in [0.1, 0.15) is 85.5 Å². The fraction of sp³-hybridized carbons (Fsp3) is 0.909. The number of hydrogen-bond acceptors (Lipinski definition) is 1. The highest BCUT2D eigenvalue weighted by Crippen LogP contribution is 2.68. The standard InChI is InChI=1S/C22H36O/c1-5-15-9-10-17-16-14-22(4,23)19-8-6-7-12-21(19,3)18(16)11-13-20(15,17)2/h8,15-18,23H,5-7,9-14H2,1-4H3/t15-,16-,17-,18-,20+,21+,22?/m0/s1. The molecule has 0 heterocycles. The first-order chi connectivity index (χ1) is 10.8. The van der Waals surface area contributed by atoms with Crippen LogP contribution >= 0.6 is 0 Å². The number of aliphatic hydroxyl groups is 1. The second kappa shape index (κ2) is 5.10. The summed E-state index contributed by atoms with van der Waals surface area (Å²) in [6.45, 7) is 9.61. The molecule has 1 heteroatoms. The van der Waals surface area contributed by atoms with E-state index in [9.17, 15) is 5.11 Å². The summed E-state index contributed by atoms with van der Waals surface area (Å²) in [6, 6.07) is 0. The van der Waals surface area contributed by atoms with Crippen LogP contribution in [-0.4, -0.2) is 10.7 Å². The Bertz CT molecular complexity index is 518. The van der Waals surface area contributed by atoms with Crippen molar-refractivity contribution < 1.29 is 5.11 Å². The first kappa shape index (κ1) is 16.2. The van der Waals surface area contributed by atoms with Crippen molar-refractivity contribution in [1.82, 2.24) is 0 Å². The molecule has 0 spiro atoms. The molecule has 3 saturated carbocycles. The molecule has 0 aromatic rings. The van der Waals surface area contributed by atoms with Crippen molar-refractivity contribution in [2.24, 2.45) is 34.5 Å². The lowest BCUT2D eigenvalue weighted by molar-refractivity contribution is -0.107. The lowest BCUT2D eigenvalue weighted by atomic mass is 9.44. The summed E-state index contributed by atoms with van der Waals surface area (Å²) in [5.74, 6) is 3.36. The van der Waals surface area contributed by atoms with Gasteiger partial charge >= 0.3 is 0 Å². The molecule has 23 heavy (non-hydrogen) atoms. The maximum atomic E-state index is 11.3. The molecular weight excluding hydrogens is 280 g/mol. The molecule has 0 aliphatic heterocycles. The Morgan fingerprint density at radius 1 is 1.09 bits per heavy atom. The molecule has 4 aliphatic carbocycles. The zero-order valence-electron chi connectivity index (χ0n) is 15.7. The Morgan fingerprint density at radius 3 is 2.61 bits per heavy atom. The topological polar surface area (TPSA) is 20.2 Å². The maximum absolute atomic E-state index is 11.3. The molecule has 3 fully saturated rings. The Balaban J connectivity index is 1.74. The summed E-state index contributed by atoms with van der Waals surface area (Å²) in [5.41, 5.74) is 1.68. The Kier molecular flexibility index (Phi) is 3.59. The fourth-order valence-electron chi connectivity index (χ4n) is 8.02. The lowest BCUT2D eigenvalue weighted by Crippen LogP contribution is -2.56. The molecule has 0 aromatic carbocycles. The molecule has 1 nitrogen and oxygen atoms in total. The third-order valence-corrected chi connectivity index (χ3v) is 9.02. The molecule has 0 aromatic heterocycles. The first-order valence-corrected chi connectivity index (χ1v) is 10.3. The van der Waals surface area contributed by atoms with Crippen molar-refractivity contribution >= 4 is 0 Å². The summed E-state index contributed by atoms with van der Waals surface area (Å²) >= 11 is 0. The predicted molar refractivity (Wildman–Crippen MR) is 96.1 cm³/mol. The minimum Gasteiger partial charge on any atom is -0.386 e. The van der Waals surface area contributed by atoms with Crippen LogP contribution in [0.4, 0.5) is 0 Å². The van der Waals surface area contributed by atoms with Crippen molar-refractivity contribution in [2.75, 3.05) is 0 Å². The van der Waals surface area contributed by atoms with Gasteiger partial charge in [0.1, 0.15) is 0 Å². The van der Waals surface area contributed by atoms with Crippen molar-refractivity contribution in [3.63, 3.8) is 0 Å². The van der Waals surface area contributed by atoms with Gasteiger partial charge < -0.3 is 5.11 Å². The van der Waals surface area contributed by atoms with Crippen LogP contribution < -0.4 is 0 Å². The summed E-state index contributed by atoms with van der Waals surface area (Å²) in [5, 5.41) is 11.3. The van der Waals surface area contributed by atoms with Crippen LogP contribution in [0.15, 0.2) is 11.6 Å². The van der Waals surface area contributed by atoms with Crippen LogP contribution in [0, 0.1) is 34.5 Å². The van der Waals surface area contributed by atoms with Gasteiger partial charge in [0, 0.05) is 0 Å². The van der Waals surface area contributed by atoms with Crippen molar-refractivity contribution in [3.8, 4) is 0 Å². The fourth-order valence-corrected chi connectivity index (χ4v) is 8.02. The van der Waals surface area contributed by atoms with Crippen molar-refractivity contribution in [2.45, 2.75) is 91.1 Å². The van der Waals surface area contributed by atoms with E-state index >= 15 is 0 Å². The minimum absolute atomic E-state index is 0.274. The largest absolute Gasteiger partial charge is 0.386 e. The van der Waals surface area contributed by atoms with E-state index < -0.39 is 5.60 Å². The van der Waals surface area contributed by atoms with Gasteiger partial charge in [-0.25, -0.2) is 0 Å². The molecule has 0 radical (unpaired) electrons. The Morgan fingerprint density at radius 2 is 1.87 bits per heavy atom. The SMILES string of the molecule is CC[C@H]1CC[C@H]2[C@@H]3CC(C)(O)C4=CCCC[C@]4(C)[C@H]3CC[C@]12C. The van der Waals surface area contributed by atoms with Crippen LogP contribution in [0.3, 0.4) is 0 Å². The molecule has 1 N–H and O–H groups in total. The van der Waals surface area contributed by atoms with E-state index in [0.717, 1.165) is 30.1 Å². The van der Waals surface area contributed by atoms with Gasteiger partial charge in [-0.3, -0.25) is 0 Å². The highest BCUT2D eigenvalue weighted by Gasteiger charge is 2.61. The van der Waals surface area contributed by atoms with E-state index in [1.807, 2.05) is 0 Å². The molecule has 4 aliphatic rings. The number of allylic oxidation sites excluding steroid dienone is 1. The van der Waals surface area contributed by atoms with E-state index in [0.29, 0.717) is 5.41 Å². The zero-order valence-corrected chi connectivity index (χ0v) is 15.7. The van der Waals surface area contributed by atoms with Crippen molar-refractivity contribution in [3.05, 3.63) is 11.6 Å². The highest BCUT2D eigenvalue weighted by molar-refractivity contribution is 5.31. The quantitative estimate of drug-likeness (QED) is 0.613. The third kappa shape index (κ3) is 2.08. The second-order valence-electron chi connectivity index (χ2n) is 10.0. The monoisotopic (exact) mass is 316 g/mol. The second-order valence-corrected chi connectivity index (χ2v) is 10.0. The number of fused-ring (bicyclic) bond motifs is 5. The average Bonchev–Trinajstić information content (AvgIpc) is 2.83. The summed E-state index contributed by atoms with van der Waals surface area (Å²) in [7, 11) is 0. The molecule has 4 rings (SSSR count). The van der Waals surface area contributed by atoms with Gasteiger partial charge in [0.25, 0.3) is 0 Å². The van der Waals surface area contributed by atoms with Crippen LogP contribution in [0.5, 0.6) is 0 Å². The van der Waals surface area contributed by atoms with Gasteiger partial charge in [-0.2, -0.15) is 0 Å². The zero-order chi connectivity index (χ0) is 16.5. The van der Waals surface area contributed by atoms with Gasteiger partial charge in [0.05, 0.1) is 5.60 Å². The van der Waals surface area contributed by atoms with Gasteiger partial charge in [-0.1, -0.05) is 33.3 Å². The molecule has 7 atom stereocenters. The molecule has 0 bridgehead atoms. The van der Waals surface area contributed by atoms with E-state index in [4.69, 9.17) is 0 Å². The molecule has 130 valence electrons. The van der Waals surface area contributed by atoms with Crippen molar-refractivity contribution in [1.29, 1.82) is 0 Å². The van der Waals surface area contributed by atoms with Gasteiger partial charge in [-0.05, 0) is 98.4 Å². The van der Waals surface area contributed by atoms with Gasteiger partial charge in [-0.15, -0.1) is 0 Å². The third-order valence-electron chi connectivity index (χ3n) is 9.02. The maximum Gasteiger partial charge on any atom is 0.0837 e. The molecule has 0 saturated heterocycles. The van der Waals surface area contributed by atoms with Crippen LogP contribution in [0.2, 0.25) is 0 Å². The molecule has 0 amide bonds. The van der Waals surface area contributed by atoms with E-state index in [2.05, 4.69) is 33.8 Å². The summed E-state index contributed by atoms with van der Waals surface area (Å²) in [6.07, 6.45) is 14.3. The first-order valence-electron chi connectivity index (χ1n) is 10.3. The molecular formula is C22H36O. The Hall–Kier alpha value is -0.300. The van der Waals surface area contributed by atoms with E-state index in [1.165, 1.54) is 56.9 Å². The van der Waals surface area contributed by atoms with E-state index in [1.54, 1.807) is 0 Å². The van der Waals surface area contributed by atoms with E-state index in [-0.39, 0.29) is 5.41 Å². The summed E-state index contributed by atoms with van der Waals surface area (Å²) in [4.78, 5) is 0. The number of rotatable bonds is 1. The van der Waals surface area contributed by atoms with Gasteiger partial charge in [0.15, 0.2) is 0 Å². The minimum atomic E-state index is -0.557. The highest BCUT2D eigenvalue weighted by atomic mass is 16.3. The Labute approximate surface area is 142 Å². The van der Waals surface area contributed by atoms with Crippen LogP contribution in [-0.2, 0) is 0 Å². The number of hydrogen-bond donors (Lipinski definition) is 1. The predicted octanol–water partition coefficient (Wildman–Crippen LogP) is 5.73. The summed E-state index contributed by atoms with van der Waals surface area (Å²) < 4.78 is 0. The van der Waals surface area contributed by atoms with Gasteiger partial charge in [0.2, 0.25) is 0 Å². The van der Waals surface area contributed by atoms with Crippen LogP contribution in [0.25, 0.3) is 0 Å². The lowest BCUT2D eigenvalue weighted by Gasteiger charge is -2.61. The normalized spacial score (nSPS) is 55.6. The smallest absolute Gasteiger partial charge is 0.0837 e.